The number of hydrogen-bond acceptors (Lipinski definition) is 2. The quantitative estimate of drug-likeness (QED) is 0.172. The van der Waals surface area contributed by atoms with Crippen LogP contribution >= 0.6 is 0 Å². The van der Waals surface area contributed by atoms with E-state index in [1.165, 1.54) is 22.3 Å². The van der Waals surface area contributed by atoms with Gasteiger partial charge in [0.25, 0.3) is 0 Å². The fraction of sp³-hybridized carbons (Fsp3) is 0.231. The van der Waals surface area contributed by atoms with Gasteiger partial charge < -0.3 is 18.3 Å². The Hall–Kier alpha value is -9.18. The molecule has 14 rings (SSSR count). The molecule has 0 spiro atoms. The lowest BCUT2D eigenvalue weighted by Gasteiger charge is -2.30. The normalized spacial score (nSPS) is 12.9. The highest BCUT2D eigenvalue weighted by atomic mass is 15.1. The first-order valence-corrected chi connectivity index (χ1v) is 29.8. The van der Waals surface area contributed by atoms with Gasteiger partial charge in [-0.3, -0.25) is 4.98 Å². The molecule has 0 saturated carbocycles. The van der Waals surface area contributed by atoms with Crippen molar-refractivity contribution in [3.63, 3.8) is 0 Å². The maximum atomic E-state index is 13.0. The van der Waals surface area contributed by atoms with E-state index < -0.39 is 0 Å². The van der Waals surface area contributed by atoms with Gasteiger partial charge in [-0.1, -0.05) is 186 Å². The van der Waals surface area contributed by atoms with Crippen LogP contribution in [0.4, 0.5) is 0 Å². The predicted molar refractivity (Wildman–Crippen MR) is 356 cm³/mol. The number of nitriles is 1. The Labute approximate surface area is 492 Å². The third-order valence-electron chi connectivity index (χ3n) is 18.1. The monoisotopic (exact) mass is 1090 g/mol. The van der Waals surface area contributed by atoms with Gasteiger partial charge in [0, 0.05) is 65.6 Å². The molecule has 6 nitrogen and oxygen atoms in total. The lowest BCUT2D eigenvalue weighted by Crippen LogP contribution is -2.17. The summed E-state index contributed by atoms with van der Waals surface area (Å²) in [6.07, 6.45) is 0. The summed E-state index contributed by atoms with van der Waals surface area (Å²) in [7, 11) is 0. The van der Waals surface area contributed by atoms with Crippen LogP contribution in [0.1, 0.15) is 122 Å². The van der Waals surface area contributed by atoms with Crippen LogP contribution in [0.25, 0.3) is 121 Å². The maximum Gasteiger partial charge on any atom is 0.102 e. The molecule has 9 aromatic carbocycles. The Morgan fingerprint density at radius 2 is 0.607 bits per heavy atom. The molecule has 414 valence electrons. The minimum atomic E-state index is -0.121. The van der Waals surface area contributed by atoms with Crippen molar-refractivity contribution < 1.29 is 0 Å². The molecule has 0 unspecified atom stereocenters. The molecule has 0 atom stereocenters. The molecule has 14 aromatic rings. The second kappa shape index (κ2) is 18.4. The molecular formula is C78H72N6. The average Bonchev–Trinajstić information content (AvgIpc) is 1.44. The van der Waals surface area contributed by atoms with Gasteiger partial charge >= 0.3 is 0 Å². The van der Waals surface area contributed by atoms with Crippen molar-refractivity contribution in [3.8, 4) is 39.9 Å². The Morgan fingerprint density at radius 1 is 0.321 bits per heavy atom. The zero-order valence-corrected chi connectivity index (χ0v) is 51.0. The summed E-state index contributed by atoms with van der Waals surface area (Å²) < 4.78 is 10.0. The van der Waals surface area contributed by atoms with Crippen molar-refractivity contribution in [3.05, 3.63) is 221 Å². The number of fused-ring (bicyclic) bond motifs is 12. The number of para-hydroxylation sites is 4. The molecule has 0 aliphatic heterocycles. The van der Waals surface area contributed by atoms with Gasteiger partial charge in [-0.25, -0.2) is 0 Å². The summed E-state index contributed by atoms with van der Waals surface area (Å²) in [4.78, 5) is 5.31. The van der Waals surface area contributed by atoms with Gasteiger partial charge in [0.15, 0.2) is 0 Å². The molecule has 6 heteroatoms. The molecule has 0 aliphatic rings. The molecule has 0 fully saturated rings. The Kier molecular flexibility index (Phi) is 11.6. The van der Waals surface area contributed by atoms with Crippen molar-refractivity contribution in [2.75, 3.05) is 0 Å². The number of aryl methyl sites for hydroxylation is 2. The molecule has 0 radical (unpaired) electrons. The fourth-order valence-electron chi connectivity index (χ4n) is 13.6. The molecule has 0 amide bonds. The number of pyridine rings is 1. The molecule has 84 heavy (non-hydrogen) atoms. The summed E-state index contributed by atoms with van der Waals surface area (Å²) in [6.45, 7) is 31.7. The lowest BCUT2D eigenvalue weighted by molar-refractivity contribution is 0.591. The Balaban J connectivity index is 1.36. The van der Waals surface area contributed by atoms with Crippen LogP contribution in [0.2, 0.25) is 0 Å². The second-order valence-corrected chi connectivity index (χ2v) is 27.7. The summed E-state index contributed by atoms with van der Waals surface area (Å²) >= 11 is 0. The van der Waals surface area contributed by atoms with E-state index in [0.29, 0.717) is 5.56 Å². The van der Waals surface area contributed by atoms with Gasteiger partial charge in [-0.05, 0) is 137 Å². The van der Waals surface area contributed by atoms with Crippen LogP contribution in [0.15, 0.2) is 182 Å². The van der Waals surface area contributed by atoms with Gasteiger partial charge in [0.05, 0.1) is 72.4 Å². The minimum absolute atomic E-state index is 0.116. The lowest BCUT2D eigenvalue weighted by atomic mass is 9.86. The highest BCUT2D eigenvalue weighted by Crippen LogP contribution is 2.53. The fourth-order valence-corrected chi connectivity index (χ4v) is 13.6. The summed E-state index contributed by atoms with van der Waals surface area (Å²) in [5.74, 6) is 0. The van der Waals surface area contributed by atoms with Gasteiger partial charge in [-0.15, -0.1) is 0 Å². The first-order valence-electron chi connectivity index (χ1n) is 29.8. The van der Waals surface area contributed by atoms with E-state index >= 15 is 0 Å². The van der Waals surface area contributed by atoms with E-state index in [-0.39, 0.29) is 21.7 Å². The number of benzene rings is 9. The summed E-state index contributed by atoms with van der Waals surface area (Å²) in [6, 6.07) is 71.2. The minimum Gasteiger partial charge on any atom is -0.306 e. The van der Waals surface area contributed by atoms with Crippen LogP contribution in [0.3, 0.4) is 0 Å². The van der Waals surface area contributed by atoms with E-state index in [1.54, 1.807) is 0 Å². The van der Waals surface area contributed by atoms with E-state index in [1.807, 2.05) is 0 Å². The number of aromatic nitrogens is 5. The smallest absolute Gasteiger partial charge is 0.102 e. The molecule has 0 N–H and O–H groups in total. The molecule has 5 heterocycles. The highest BCUT2D eigenvalue weighted by Gasteiger charge is 2.36. The topological polar surface area (TPSA) is 56.4 Å². The van der Waals surface area contributed by atoms with Crippen LogP contribution in [0, 0.1) is 25.2 Å². The molecule has 0 saturated heterocycles. The van der Waals surface area contributed by atoms with E-state index in [9.17, 15) is 5.26 Å². The van der Waals surface area contributed by atoms with Crippen molar-refractivity contribution in [1.29, 1.82) is 5.26 Å². The molecule has 5 aromatic heterocycles. The standard InChI is InChI=1S/C78H72N6/c1-46-31-36-52(47(2)80-46)70-61(45-79)71(81-62-27-19-15-23-53(62)57-41-48(75(3,4)5)32-37-66(57)81)73(83-64-29-21-17-25-55(64)59-43-50(77(9,10)11)34-39-68(59)83)74(84-65-30-22-18-26-56(65)60-44-51(78(12,13)14)35-40-69(60)84)72(70)82-63-28-20-16-24-54(63)58-42-49(76(6,7)8)33-38-67(58)82/h15-44H,1-14H3. The molecule has 0 aliphatic carbocycles. The number of hydrogen-bond donors (Lipinski definition) is 0. The van der Waals surface area contributed by atoms with Crippen molar-refractivity contribution >= 4 is 87.2 Å². The van der Waals surface area contributed by atoms with Gasteiger partial charge in [0.2, 0.25) is 0 Å². The molecular weight excluding hydrogens is 1020 g/mol. The summed E-state index contributed by atoms with van der Waals surface area (Å²) in [5.41, 5.74) is 20.4. The van der Waals surface area contributed by atoms with Gasteiger partial charge in [0.1, 0.15) is 6.07 Å². The van der Waals surface area contributed by atoms with E-state index in [0.717, 1.165) is 132 Å². The summed E-state index contributed by atoms with van der Waals surface area (Å²) in [5, 5.41) is 22.2. The highest BCUT2D eigenvalue weighted by molar-refractivity contribution is 6.17. The zero-order chi connectivity index (χ0) is 58.7. The maximum absolute atomic E-state index is 13.0. The van der Waals surface area contributed by atoms with Crippen LogP contribution in [-0.4, -0.2) is 23.3 Å². The number of nitrogens with zero attached hydrogens (tertiary/aromatic N) is 6. The second-order valence-electron chi connectivity index (χ2n) is 27.7. The Bertz CT molecular complexity index is 5140. The van der Waals surface area contributed by atoms with Crippen LogP contribution in [0.5, 0.6) is 0 Å². The third-order valence-corrected chi connectivity index (χ3v) is 18.1. The van der Waals surface area contributed by atoms with E-state index in [4.69, 9.17) is 4.98 Å². The van der Waals surface area contributed by atoms with Crippen molar-refractivity contribution in [2.24, 2.45) is 0 Å². The van der Waals surface area contributed by atoms with Crippen LogP contribution < -0.4 is 0 Å². The predicted octanol–water partition coefficient (Wildman–Crippen LogP) is 20.8. The van der Waals surface area contributed by atoms with Crippen molar-refractivity contribution in [2.45, 2.75) is 119 Å². The number of rotatable bonds is 5. The van der Waals surface area contributed by atoms with Crippen molar-refractivity contribution in [1.82, 2.24) is 23.3 Å². The Morgan fingerprint density at radius 3 is 0.917 bits per heavy atom. The molecule has 0 bridgehead atoms. The average molecular weight is 1090 g/mol. The first kappa shape index (κ1) is 52.9. The van der Waals surface area contributed by atoms with Crippen LogP contribution in [-0.2, 0) is 21.7 Å². The SMILES string of the molecule is Cc1ccc(-c2c(C#N)c(-n3c4ccccc4c4cc(C(C)(C)C)ccc43)c(-n3c4ccccc4c4cc(C(C)(C)C)ccc43)c(-n3c4ccccc4c4cc(C(C)(C)C)ccc43)c2-n2c3ccccc3c3cc(C(C)(C)C)ccc32)c(C)n1. The first-order chi connectivity index (χ1) is 40.0. The van der Waals surface area contributed by atoms with E-state index in [2.05, 4.69) is 303 Å². The largest absolute Gasteiger partial charge is 0.306 e. The zero-order valence-electron chi connectivity index (χ0n) is 51.0. The third kappa shape index (κ3) is 7.92. The van der Waals surface area contributed by atoms with Gasteiger partial charge in [-0.2, -0.15) is 5.26 Å².